The van der Waals surface area contributed by atoms with Crippen molar-refractivity contribution in [2.45, 2.75) is 31.6 Å². The van der Waals surface area contributed by atoms with Crippen molar-refractivity contribution < 1.29 is 9.59 Å². The lowest BCUT2D eigenvalue weighted by atomic mass is 10.00. The Balaban J connectivity index is 1.58. The summed E-state index contributed by atoms with van der Waals surface area (Å²) in [6.07, 6.45) is 0.368. The summed E-state index contributed by atoms with van der Waals surface area (Å²) in [5.74, 6) is 0.853. The second kappa shape index (κ2) is 9.06. The van der Waals surface area contributed by atoms with Crippen molar-refractivity contribution in [1.82, 2.24) is 0 Å². The van der Waals surface area contributed by atoms with E-state index in [1.54, 1.807) is 23.1 Å². The molecule has 4 rings (SSSR count). The quantitative estimate of drug-likeness (QED) is 0.529. The first-order valence-electron chi connectivity index (χ1n) is 9.97. The molecule has 6 heteroatoms. The van der Waals surface area contributed by atoms with E-state index in [4.69, 9.17) is 0 Å². The van der Waals surface area contributed by atoms with Crippen molar-refractivity contribution in [2.75, 3.05) is 16.0 Å². The molecule has 2 heterocycles. The van der Waals surface area contributed by atoms with E-state index in [2.05, 4.69) is 25.2 Å². The van der Waals surface area contributed by atoms with Gasteiger partial charge in [0.1, 0.15) is 5.37 Å². The number of hydrogen-bond donors (Lipinski definition) is 1. The summed E-state index contributed by atoms with van der Waals surface area (Å²) in [6.45, 7) is 4.29. The summed E-state index contributed by atoms with van der Waals surface area (Å²) in [5.41, 5.74) is 3.91. The standard InChI is InChI=1S/C24H24N2O2S2/c1-16(2)20-10-3-4-11-21(20)26-23(28)15-30-24(26)17-7-5-8-18(13-17)25-22(27)14-19-9-6-12-29-19/h3-13,16,24H,14-15H2,1-2H3,(H,25,27). The van der Waals surface area contributed by atoms with Gasteiger partial charge in [-0.05, 0) is 46.7 Å². The van der Waals surface area contributed by atoms with Gasteiger partial charge in [-0.1, -0.05) is 50.2 Å². The third kappa shape index (κ3) is 4.45. The van der Waals surface area contributed by atoms with Crippen molar-refractivity contribution in [1.29, 1.82) is 0 Å². The van der Waals surface area contributed by atoms with Crippen molar-refractivity contribution in [3.63, 3.8) is 0 Å². The Morgan fingerprint density at radius 1 is 1.13 bits per heavy atom. The van der Waals surface area contributed by atoms with Crippen LogP contribution in [0.1, 0.15) is 41.1 Å². The van der Waals surface area contributed by atoms with E-state index in [-0.39, 0.29) is 17.2 Å². The molecule has 2 amide bonds. The number of nitrogens with zero attached hydrogens (tertiary/aromatic N) is 1. The minimum Gasteiger partial charge on any atom is -0.326 e. The van der Waals surface area contributed by atoms with E-state index in [0.717, 1.165) is 21.8 Å². The Hall–Kier alpha value is -2.57. The van der Waals surface area contributed by atoms with Gasteiger partial charge in [-0.25, -0.2) is 0 Å². The van der Waals surface area contributed by atoms with Crippen LogP contribution in [0.2, 0.25) is 0 Å². The smallest absolute Gasteiger partial charge is 0.238 e. The SMILES string of the molecule is CC(C)c1ccccc1N1C(=O)CSC1c1cccc(NC(=O)Cc2cccs2)c1. The van der Waals surface area contributed by atoms with Gasteiger partial charge in [0.25, 0.3) is 0 Å². The fourth-order valence-corrected chi connectivity index (χ4v) is 5.54. The van der Waals surface area contributed by atoms with E-state index < -0.39 is 0 Å². The molecule has 4 nitrogen and oxygen atoms in total. The Bertz CT molecular complexity index is 1050. The lowest BCUT2D eigenvalue weighted by molar-refractivity contribution is -0.116. The summed E-state index contributed by atoms with van der Waals surface area (Å²) in [6, 6.07) is 19.9. The van der Waals surface area contributed by atoms with Crippen molar-refractivity contribution in [3.05, 3.63) is 82.0 Å². The maximum absolute atomic E-state index is 12.8. The predicted octanol–water partition coefficient (Wildman–Crippen LogP) is 5.83. The molecular weight excluding hydrogens is 412 g/mol. The maximum atomic E-state index is 12.8. The summed E-state index contributed by atoms with van der Waals surface area (Å²) in [7, 11) is 0. The van der Waals surface area contributed by atoms with Crippen LogP contribution in [-0.4, -0.2) is 17.6 Å². The fraction of sp³-hybridized carbons (Fsp3) is 0.250. The first kappa shape index (κ1) is 20.7. The summed E-state index contributed by atoms with van der Waals surface area (Å²) >= 11 is 3.20. The predicted molar refractivity (Wildman–Crippen MR) is 126 cm³/mol. The molecule has 0 radical (unpaired) electrons. The van der Waals surface area contributed by atoms with Gasteiger partial charge >= 0.3 is 0 Å². The molecule has 30 heavy (non-hydrogen) atoms. The number of anilines is 2. The van der Waals surface area contributed by atoms with Crippen LogP contribution >= 0.6 is 23.1 Å². The van der Waals surface area contributed by atoms with Crippen LogP contribution < -0.4 is 10.2 Å². The molecule has 154 valence electrons. The molecule has 0 spiro atoms. The largest absolute Gasteiger partial charge is 0.326 e. The van der Waals surface area contributed by atoms with E-state index in [1.165, 1.54) is 5.56 Å². The number of hydrogen-bond acceptors (Lipinski definition) is 4. The van der Waals surface area contributed by atoms with Crippen LogP contribution in [0.25, 0.3) is 0 Å². The number of nitrogens with one attached hydrogen (secondary N) is 1. The Kier molecular flexibility index (Phi) is 6.25. The van der Waals surface area contributed by atoms with Crippen molar-refractivity contribution in [2.24, 2.45) is 0 Å². The number of para-hydroxylation sites is 1. The topological polar surface area (TPSA) is 49.4 Å². The average molecular weight is 437 g/mol. The van der Waals surface area contributed by atoms with Crippen molar-refractivity contribution >= 4 is 46.3 Å². The lowest BCUT2D eigenvalue weighted by Gasteiger charge is -2.28. The maximum Gasteiger partial charge on any atom is 0.238 e. The third-order valence-electron chi connectivity index (χ3n) is 5.06. The van der Waals surface area contributed by atoms with Crippen molar-refractivity contribution in [3.8, 4) is 0 Å². The zero-order chi connectivity index (χ0) is 21.1. The molecule has 0 saturated carbocycles. The summed E-state index contributed by atoms with van der Waals surface area (Å²) in [5, 5.41) is 4.86. The number of thioether (sulfide) groups is 1. The number of thiophene rings is 1. The summed E-state index contributed by atoms with van der Waals surface area (Å²) < 4.78 is 0. The van der Waals surface area contributed by atoms with Gasteiger partial charge in [-0.2, -0.15) is 0 Å². The van der Waals surface area contributed by atoms with E-state index in [0.29, 0.717) is 18.1 Å². The van der Waals surface area contributed by atoms with E-state index >= 15 is 0 Å². The van der Waals surface area contributed by atoms with Crippen LogP contribution in [0, 0.1) is 0 Å². The highest BCUT2D eigenvalue weighted by atomic mass is 32.2. The highest BCUT2D eigenvalue weighted by Gasteiger charge is 2.35. The monoisotopic (exact) mass is 436 g/mol. The first-order valence-corrected chi connectivity index (χ1v) is 11.9. The molecule has 1 aliphatic rings. The highest BCUT2D eigenvalue weighted by molar-refractivity contribution is 8.00. The molecule has 1 aliphatic heterocycles. The molecule has 1 aromatic heterocycles. The average Bonchev–Trinajstić information content (AvgIpc) is 3.37. The molecule has 1 saturated heterocycles. The van der Waals surface area contributed by atoms with Gasteiger partial charge in [0, 0.05) is 16.3 Å². The molecule has 3 aromatic rings. The van der Waals surface area contributed by atoms with Crippen LogP contribution in [0.4, 0.5) is 11.4 Å². The Morgan fingerprint density at radius 3 is 2.73 bits per heavy atom. The van der Waals surface area contributed by atoms with Gasteiger partial charge in [0.2, 0.25) is 11.8 Å². The van der Waals surface area contributed by atoms with Gasteiger partial charge in [-0.3, -0.25) is 14.5 Å². The number of rotatable bonds is 6. The number of carbonyl (C=O) groups excluding carboxylic acids is 2. The highest BCUT2D eigenvalue weighted by Crippen LogP contribution is 2.44. The molecule has 1 N–H and O–H groups in total. The van der Waals surface area contributed by atoms with Crippen LogP contribution in [0.15, 0.2) is 66.0 Å². The van der Waals surface area contributed by atoms with Crippen LogP contribution in [-0.2, 0) is 16.0 Å². The molecular formula is C24H24N2O2S2. The van der Waals surface area contributed by atoms with Gasteiger partial charge < -0.3 is 5.32 Å². The third-order valence-corrected chi connectivity index (χ3v) is 7.15. The Morgan fingerprint density at radius 2 is 1.97 bits per heavy atom. The Labute approximate surface area is 185 Å². The van der Waals surface area contributed by atoms with Gasteiger partial charge in [0.15, 0.2) is 0 Å². The molecule has 1 atom stereocenters. The molecule has 2 aromatic carbocycles. The molecule has 0 bridgehead atoms. The number of carbonyl (C=O) groups is 2. The minimum absolute atomic E-state index is 0.0354. The first-order chi connectivity index (χ1) is 14.5. The van der Waals surface area contributed by atoms with Crippen LogP contribution in [0.3, 0.4) is 0 Å². The zero-order valence-corrected chi connectivity index (χ0v) is 18.6. The number of benzene rings is 2. The van der Waals surface area contributed by atoms with Crippen LogP contribution in [0.5, 0.6) is 0 Å². The summed E-state index contributed by atoms with van der Waals surface area (Å²) in [4.78, 5) is 28.2. The second-order valence-electron chi connectivity index (χ2n) is 7.57. The van der Waals surface area contributed by atoms with Gasteiger partial charge in [0.05, 0.1) is 12.2 Å². The van der Waals surface area contributed by atoms with Gasteiger partial charge in [-0.15, -0.1) is 23.1 Å². The minimum atomic E-state index is -0.105. The van der Waals surface area contributed by atoms with E-state index in [9.17, 15) is 9.59 Å². The second-order valence-corrected chi connectivity index (χ2v) is 9.67. The molecule has 1 fully saturated rings. The zero-order valence-electron chi connectivity index (χ0n) is 17.0. The van der Waals surface area contributed by atoms with E-state index in [1.807, 2.05) is 64.9 Å². The normalized spacial score (nSPS) is 16.3. The molecule has 0 aliphatic carbocycles. The fourth-order valence-electron chi connectivity index (χ4n) is 3.67. The lowest BCUT2D eigenvalue weighted by Crippen LogP contribution is -2.29. The number of amides is 2. The molecule has 1 unspecified atom stereocenters.